The molecule has 2 heterocycles. The second-order valence-corrected chi connectivity index (χ2v) is 9.11. The van der Waals surface area contributed by atoms with Crippen LogP contribution in [0.3, 0.4) is 0 Å². The zero-order chi connectivity index (χ0) is 22.9. The van der Waals surface area contributed by atoms with Gasteiger partial charge in [0.2, 0.25) is 27.7 Å². The van der Waals surface area contributed by atoms with Crippen molar-refractivity contribution < 1.29 is 26.3 Å². The van der Waals surface area contributed by atoms with Gasteiger partial charge in [0, 0.05) is 18.5 Å². The number of sulfonamides is 1. The normalized spacial score (nSPS) is 13.7. The Morgan fingerprint density at radius 2 is 1.91 bits per heavy atom. The minimum Gasteiger partial charge on any atom is -0.435 e. The zero-order valence-electron chi connectivity index (χ0n) is 16.6. The summed E-state index contributed by atoms with van der Waals surface area (Å²) in [6, 6.07) is 5.13. The van der Waals surface area contributed by atoms with E-state index in [2.05, 4.69) is 15.0 Å². The fraction of sp³-hybridized carbons (Fsp3) is 0.250. The standard InChI is InChI=1S/C20H18F3N5O3S/c21-13-10-15(16(22)17(23)18(13)28-32(29,30)9-6-11-3-4-11)31-19-12(2-1-7-25-19)14-5-8-26-20(24)27-14/h1-2,5,7-8,10-11,28H,3-4,6,9H2,(H2,24,26,27). The fourth-order valence-corrected chi connectivity index (χ4v) is 4.21. The van der Waals surface area contributed by atoms with E-state index in [1.807, 2.05) is 0 Å². The summed E-state index contributed by atoms with van der Waals surface area (Å²) in [7, 11) is -4.05. The molecular weight excluding hydrogens is 447 g/mol. The number of hydrogen-bond donors (Lipinski definition) is 2. The number of nitrogens with two attached hydrogens (primary N) is 1. The Bertz CT molecular complexity index is 1270. The van der Waals surface area contributed by atoms with Crippen LogP contribution >= 0.6 is 0 Å². The number of aromatic nitrogens is 3. The third-order valence-electron chi connectivity index (χ3n) is 4.80. The minimum absolute atomic E-state index is 0.0288. The molecule has 0 atom stereocenters. The van der Waals surface area contributed by atoms with E-state index >= 15 is 0 Å². The van der Waals surface area contributed by atoms with E-state index in [9.17, 15) is 21.6 Å². The third kappa shape index (κ3) is 4.90. The Balaban J connectivity index is 1.62. The first-order valence-corrected chi connectivity index (χ1v) is 11.3. The topological polar surface area (TPSA) is 120 Å². The van der Waals surface area contributed by atoms with Gasteiger partial charge in [0.25, 0.3) is 0 Å². The molecule has 168 valence electrons. The number of nitrogen functional groups attached to an aromatic ring is 1. The molecule has 8 nitrogen and oxygen atoms in total. The predicted octanol–water partition coefficient (Wildman–Crippen LogP) is 3.87. The average molecular weight is 465 g/mol. The highest BCUT2D eigenvalue weighted by Gasteiger charge is 2.27. The van der Waals surface area contributed by atoms with Crippen molar-refractivity contribution in [1.29, 1.82) is 0 Å². The largest absolute Gasteiger partial charge is 0.435 e. The molecule has 0 unspecified atom stereocenters. The van der Waals surface area contributed by atoms with E-state index in [4.69, 9.17) is 10.5 Å². The molecular formula is C20H18F3N5O3S. The van der Waals surface area contributed by atoms with Crippen LogP contribution in [0.5, 0.6) is 11.6 Å². The molecule has 0 bridgehead atoms. The molecule has 0 radical (unpaired) electrons. The number of anilines is 2. The maximum atomic E-state index is 14.7. The smallest absolute Gasteiger partial charge is 0.232 e. The van der Waals surface area contributed by atoms with Crippen LogP contribution in [0.1, 0.15) is 19.3 Å². The molecule has 0 aliphatic heterocycles. The van der Waals surface area contributed by atoms with Gasteiger partial charge in [0.05, 0.1) is 17.0 Å². The molecule has 3 N–H and O–H groups in total. The summed E-state index contributed by atoms with van der Waals surface area (Å²) in [5, 5.41) is 0. The Hall–Kier alpha value is -3.41. The van der Waals surface area contributed by atoms with Crippen molar-refractivity contribution >= 4 is 21.7 Å². The van der Waals surface area contributed by atoms with Gasteiger partial charge in [-0.1, -0.05) is 12.8 Å². The van der Waals surface area contributed by atoms with Gasteiger partial charge < -0.3 is 10.5 Å². The van der Waals surface area contributed by atoms with Crippen molar-refractivity contribution in [2.24, 2.45) is 5.92 Å². The molecule has 1 aromatic carbocycles. The minimum atomic E-state index is -4.05. The Kier molecular flexibility index (Phi) is 5.87. The molecule has 0 spiro atoms. The highest BCUT2D eigenvalue weighted by Crippen LogP contribution is 2.36. The second-order valence-electron chi connectivity index (χ2n) is 7.27. The van der Waals surface area contributed by atoms with Gasteiger partial charge in [-0.05, 0) is 30.5 Å². The van der Waals surface area contributed by atoms with Crippen molar-refractivity contribution in [2.45, 2.75) is 19.3 Å². The summed E-state index contributed by atoms with van der Waals surface area (Å²) in [6.45, 7) is 0. The van der Waals surface area contributed by atoms with E-state index in [0.29, 0.717) is 24.1 Å². The van der Waals surface area contributed by atoms with Crippen molar-refractivity contribution in [3.63, 3.8) is 0 Å². The van der Waals surface area contributed by atoms with Gasteiger partial charge in [-0.3, -0.25) is 4.72 Å². The van der Waals surface area contributed by atoms with Gasteiger partial charge in [-0.2, -0.15) is 4.39 Å². The molecule has 4 rings (SSSR count). The Morgan fingerprint density at radius 1 is 1.12 bits per heavy atom. The SMILES string of the molecule is Nc1nccc(-c2cccnc2Oc2cc(F)c(NS(=O)(=O)CCC3CC3)c(F)c2F)n1. The van der Waals surface area contributed by atoms with Crippen LogP contribution in [0.4, 0.5) is 24.8 Å². The molecule has 0 saturated heterocycles. The number of hydrogen-bond acceptors (Lipinski definition) is 7. The molecule has 1 saturated carbocycles. The van der Waals surface area contributed by atoms with Crippen LogP contribution in [0.2, 0.25) is 0 Å². The van der Waals surface area contributed by atoms with Crippen LogP contribution in [0, 0.1) is 23.4 Å². The maximum absolute atomic E-state index is 14.7. The number of nitrogens with one attached hydrogen (secondary N) is 1. The first-order valence-electron chi connectivity index (χ1n) is 9.63. The fourth-order valence-electron chi connectivity index (χ4n) is 2.97. The second kappa shape index (κ2) is 8.61. The van der Waals surface area contributed by atoms with Crippen molar-refractivity contribution in [3.8, 4) is 22.9 Å². The van der Waals surface area contributed by atoms with E-state index < -0.39 is 38.9 Å². The van der Waals surface area contributed by atoms with Gasteiger partial charge >= 0.3 is 0 Å². The number of pyridine rings is 1. The molecule has 2 aromatic heterocycles. The van der Waals surface area contributed by atoms with Crippen LogP contribution in [-0.2, 0) is 10.0 Å². The number of rotatable bonds is 8. The van der Waals surface area contributed by atoms with Gasteiger partial charge in [0.15, 0.2) is 17.4 Å². The molecule has 32 heavy (non-hydrogen) atoms. The molecule has 1 fully saturated rings. The highest BCUT2D eigenvalue weighted by atomic mass is 32.2. The monoisotopic (exact) mass is 465 g/mol. The molecule has 1 aliphatic carbocycles. The molecule has 0 amide bonds. The number of ether oxygens (including phenoxy) is 1. The van der Waals surface area contributed by atoms with Crippen LogP contribution in [-0.4, -0.2) is 29.1 Å². The number of benzene rings is 1. The molecule has 3 aromatic rings. The van der Waals surface area contributed by atoms with Crippen LogP contribution in [0.25, 0.3) is 11.3 Å². The lowest BCUT2D eigenvalue weighted by Gasteiger charge is -2.14. The van der Waals surface area contributed by atoms with Gasteiger partial charge in [0.1, 0.15) is 5.69 Å². The van der Waals surface area contributed by atoms with E-state index in [1.165, 1.54) is 24.5 Å². The van der Waals surface area contributed by atoms with Crippen molar-refractivity contribution in [1.82, 2.24) is 15.0 Å². The summed E-state index contributed by atoms with van der Waals surface area (Å²) in [4.78, 5) is 11.8. The molecule has 12 heteroatoms. The lowest BCUT2D eigenvalue weighted by atomic mass is 10.2. The first kappa shape index (κ1) is 21.8. The van der Waals surface area contributed by atoms with Gasteiger partial charge in [-0.25, -0.2) is 32.2 Å². The van der Waals surface area contributed by atoms with Gasteiger partial charge in [-0.15, -0.1) is 0 Å². The van der Waals surface area contributed by atoms with Crippen molar-refractivity contribution in [3.05, 3.63) is 54.1 Å². The van der Waals surface area contributed by atoms with E-state index in [1.54, 1.807) is 10.8 Å². The summed E-state index contributed by atoms with van der Waals surface area (Å²) in [5.74, 6) is -5.69. The Morgan fingerprint density at radius 3 is 2.62 bits per heavy atom. The number of halogens is 3. The lowest BCUT2D eigenvalue weighted by Crippen LogP contribution is -2.19. The average Bonchev–Trinajstić information content (AvgIpc) is 3.59. The van der Waals surface area contributed by atoms with Crippen LogP contribution < -0.4 is 15.2 Å². The quantitative estimate of drug-likeness (QED) is 0.485. The summed E-state index contributed by atoms with van der Waals surface area (Å²) >= 11 is 0. The van der Waals surface area contributed by atoms with Crippen molar-refractivity contribution in [2.75, 3.05) is 16.2 Å². The third-order valence-corrected chi connectivity index (χ3v) is 6.09. The predicted molar refractivity (Wildman–Crippen MR) is 111 cm³/mol. The van der Waals surface area contributed by atoms with Crippen LogP contribution in [0.15, 0.2) is 36.7 Å². The number of nitrogens with zero attached hydrogens (tertiary/aromatic N) is 3. The summed E-state index contributed by atoms with van der Waals surface area (Å²) in [6.07, 6.45) is 4.94. The van der Waals surface area contributed by atoms with E-state index in [-0.39, 0.29) is 23.1 Å². The zero-order valence-corrected chi connectivity index (χ0v) is 17.4. The maximum Gasteiger partial charge on any atom is 0.232 e. The highest BCUT2D eigenvalue weighted by molar-refractivity contribution is 7.92. The van der Waals surface area contributed by atoms with E-state index in [0.717, 1.165) is 12.8 Å². The summed E-state index contributed by atoms with van der Waals surface area (Å²) < 4.78 is 75.1. The Labute approximate surface area is 181 Å². The summed E-state index contributed by atoms with van der Waals surface area (Å²) in [5.41, 5.74) is 5.03. The molecule has 1 aliphatic rings. The lowest BCUT2D eigenvalue weighted by molar-refractivity contribution is 0.401. The first-order chi connectivity index (χ1) is 15.2.